The van der Waals surface area contributed by atoms with Gasteiger partial charge in [0.05, 0.1) is 0 Å². The molecule has 0 aromatic carbocycles. The zero-order valence-corrected chi connectivity index (χ0v) is 16.6. The van der Waals surface area contributed by atoms with Crippen LogP contribution in [0.3, 0.4) is 0 Å². The molecule has 0 spiro atoms. The molecule has 3 heteroatoms. The van der Waals surface area contributed by atoms with E-state index >= 15 is 0 Å². The molecule has 0 saturated heterocycles. The minimum atomic E-state index is -1.05. The van der Waals surface area contributed by atoms with Crippen molar-refractivity contribution in [2.75, 3.05) is 0 Å². The Morgan fingerprint density at radius 3 is 1.08 bits per heavy atom. The first-order valence-electron chi connectivity index (χ1n) is 4.95. The molecular weight excluding hydrogens is 372 g/mol. The van der Waals surface area contributed by atoms with Crippen LogP contribution in [0.15, 0.2) is 0 Å². The fraction of sp³-hybridized carbons (Fsp3) is 1.00. The van der Waals surface area contributed by atoms with E-state index in [9.17, 15) is 0 Å². The number of rotatable bonds is 4. The van der Waals surface area contributed by atoms with Crippen molar-refractivity contribution in [3.63, 3.8) is 0 Å². The Morgan fingerprint density at radius 1 is 0.833 bits per heavy atom. The topological polar surface area (TPSA) is 0 Å². The van der Waals surface area contributed by atoms with Gasteiger partial charge < -0.3 is 0 Å². The van der Waals surface area contributed by atoms with Gasteiger partial charge in [-0.3, -0.25) is 0 Å². The molecule has 70 valence electrons. The molecule has 0 N–H and O–H groups in total. The molecule has 0 aliphatic heterocycles. The van der Waals surface area contributed by atoms with Gasteiger partial charge in [-0.25, -0.2) is 0 Å². The second-order valence-electron chi connectivity index (χ2n) is 4.71. The van der Waals surface area contributed by atoms with E-state index < -0.39 is 27.4 Å². The molecule has 0 aliphatic rings. The van der Waals surface area contributed by atoms with Gasteiger partial charge in [-0.15, -0.1) is 0 Å². The molecule has 0 rings (SSSR count). The summed E-state index contributed by atoms with van der Waals surface area (Å²) in [4.78, 5) is -1.01. The van der Waals surface area contributed by atoms with E-state index in [0.717, 1.165) is 16.6 Å². The average Bonchev–Trinajstić information content (AvgIpc) is 1.86. The third kappa shape index (κ3) is 2.48. The molecule has 0 saturated carbocycles. The Bertz CT molecular complexity index is 113. The third-order valence-corrected chi connectivity index (χ3v) is 56.5. The summed E-state index contributed by atoms with van der Waals surface area (Å²) in [6, 6.07) is 0. The van der Waals surface area contributed by atoms with E-state index in [1.165, 1.54) is 0 Å². The molecular formula is C9H21ClHgSi. The molecule has 0 radical (unpaired) electrons. The van der Waals surface area contributed by atoms with Crippen LogP contribution in [0, 0.1) is 0 Å². The standard InChI is InChI=1S/C9H21Si.ClH.Hg/c1-7(2)10(8(3)4)9(5)6;;/h7-9H,1-6H3;1H;/q;;+1/p-1. The predicted octanol–water partition coefficient (Wildman–Crippen LogP) is 4.40. The summed E-state index contributed by atoms with van der Waals surface area (Å²) in [6.07, 6.45) is 0. The number of hydrogen-bond donors (Lipinski definition) is 0. The van der Waals surface area contributed by atoms with Crippen molar-refractivity contribution in [3.8, 4) is 0 Å². The Labute approximate surface area is 93.2 Å². The van der Waals surface area contributed by atoms with Crippen LogP contribution in [0.4, 0.5) is 0 Å². The van der Waals surface area contributed by atoms with Crippen LogP contribution in [-0.2, 0) is 22.5 Å². The van der Waals surface area contributed by atoms with Crippen LogP contribution < -0.4 is 0 Å². The number of halogens is 1. The molecule has 0 atom stereocenters. The van der Waals surface area contributed by atoms with Gasteiger partial charge in [-0.2, -0.15) is 0 Å². The maximum atomic E-state index is 6.39. The molecule has 0 unspecified atom stereocenters. The third-order valence-electron chi connectivity index (χ3n) is 3.46. The van der Waals surface area contributed by atoms with Gasteiger partial charge in [0.15, 0.2) is 0 Å². The molecule has 0 amide bonds. The molecule has 0 aliphatic carbocycles. The minimum absolute atomic E-state index is 0.900. The van der Waals surface area contributed by atoms with Crippen LogP contribution in [0.1, 0.15) is 41.5 Å². The first-order valence-corrected chi connectivity index (χ1v) is 22.4. The summed E-state index contributed by atoms with van der Waals surface area (Å²) in [6.45, 7) is 14.4. The van der Waals surface area contributed by atoms with Crippen LogP contribution in [0.5, 0.6) is 0 Å². The summed E-state index contributed by atoms with van der Waals surface area (Å²) in [5.74, 6) is 0. The second-order valence-corrected chi connectivity index (χ2v) is 35.1. The van der Waals surface area contributed by atoms with Crippen LogP contribution >= 0.6 is 8.25 Å². The predicted molar refractivity (Wildman–Crippen MR) is 56.9 cm³/mol. The van der Waals surface area contributed by atoms with E-state index in [1.807, 2.05) is 0 Å². The fourth-order valence-electron chi connectivity index (χ4n) is 2.46. The molecule has 0 nitrogen and oxygen atoms in total. The average molecular weight is 393 g/mol. The SMILES string of the molecule is CC(C)[Si]([Hg][Cl])(C(C)C)C(C)C. The quantitative estimate of drug-likeness (QED) is 0.621. The van der Waals surface area contributed by atoms with Crippen molar-refractivity contribution in [2.24, 2.45) is 0 Å². The molecule has 0 heterocycles. The Balaban J connectivity index is 4.77. The summed E-state index contributed by atoms with van der Waals surface area (Å²) < 4.78 is 0. The summed E-state index contributed by atoms with van der Waals surface area (Å²) in [7, 11) is 6.39. The van der Waals surface area contributed by atoms with Crippen molar-refractivity contribution in [1.29, 1.82) is 0 Å². The van der Waals surface area contributed by atoms with Crippen LogP contribution in [0.25, 0.3) is 0 Å². The summed E-state index contributed by atoms with van der Waals surface area (Å²) in [5.41, 5.74) is 2.70. The number of hydrogen-bond acceptors (Lipinski definition) is 0. The summed E-state index contributed by atoms with van der Waals surface area (Å²) >= 11 is -1.05. The first-order chi connectivity index (χ1) is 5.39. The Morgan fingerprint density at radius 2 is 1.08 bits per heavy atom. The zero-order chi connectivity index (χ0) is 9.94. The van der Waals surface area contributed by atoms with E-state index in [-0.39, 0.29) is 0 Å². The van der Waals surface area contributed by atoms with Gasteiger partial charge in [0, 0.05) is 0 Å². The monoisotopic (exact) mass is 394 g/mol. The van der Waals surface area contributed by atoms with Gasteiger partial charge in [-0.05, 0) is 0 Å². The Kier molecular flexibility index (Phi) is 6.00. The molecule has 0 aromatic rings. The zero-order valence-electron chi connectivity index (χ0n) is 9.32. The van der Waals surface area contributed by atoms with E-state index in [0.29, 0.717) is 0 Å². The van der Waals surface area contributed by atoms with Crippen molar-refractivity contribution in [1.82, 2.24) is 0 Å². The van der Waals surface area contributed by atoms with E-state index in [2.05, 4.69) is 41.5 Å². The molecule has 12 heavy (non-hydrogen) atoms. The molecule has 0 aromatic heterocycles. The normalized spacial score (nSPS) is 12.8. The van der Waals surface area contributed by atoms with Gasteiger partial charge >= 0.3 is 93.8 Å². The van der Waals surface area contributed by atoms with Crippen molar-refractivity contribution >= 4 is 13.2 Å². The fourth-order valence-corrected chi connectivity index (χ4v) is 42.6. The van der Waals surface area contributed by atoms with Crippen molar-refractivity contribution in [2.45, 2.75) is 58.2 Å². The van der Waals surface area contributed by atoms with Gasteiger partial charge in [0.2, 0.25) is 0 Å². The van der Waals surface area contributed by atoms with Crippen LogP contribution in [-0.4, -0.2) is 4.95 Å². The van der Waals surface area contributed by atoms with E-state index in [4.69, 9.17) is 8.25 Å². The van der Waals surface area contributed by atoms with Crippen molar-refractivity contribution in [3.05, 3.63) is 0 Å². The maximum absolute atomic E-state index is 6.39. The molecule has 0 bridgehead atoms. The van der Waals surface area contributed by atoms with Crippen LogP contribution in [0.2, 0.25) is 16.6 Å². The Hall–Kier alpha value is 1.44. The van der Waals surface area contributed by atoms with Gasteiger partial charge in [0.25, 0.3) is 0 Å². The van der Waals surface area contributed by atoms with E-state index in [1.54, 1.807) is 0 Å². The van der Waals surface area contributed by atoms with Gasteiger partial charge in [-0.1, -0.05) is 0 Å². The van der Waals surface area contributed by atoms with Crippen molar-refractivity contribution < 1.29 is 22.5 Å². The second kappa shape index (κ2) is 5.35. The molecule has 0 fully saturated rings. The first kappa shape index (κ1) is 13.4. The van der Waals surface area contributed by atoms with Gasteiger partial charge in [0.1, 0.15) is 0 Å². The summed E-state index contributed by atoms with van der Waals surface area (Å²) in [5, 5.41) is 0.